The van der Waals surface area contributed by atoms with Crippen LogP contribution in [0.1, 0.15) is 38.8 Å². The number of hydrogen-bond acceptors (Lipinski definition) is 3. The number of rotatable bonds is 5. The number of alkyl halides is 3. The minimum atomic E-state index is -4.47. The summed E-state index contributed by atoms with van der Waals surface area (Å²) in [6, 6.07) is 17.5. The quantitative estimate of drug-likeness (QED) is 0.473. The number of hydrogen-bond donors (Lipinski definition) is 1. The van der Waals surface area contributed by atoms with Crippen molar-refractivity contribution in [3.05, 3.63) is 113 Å². The molecule has 0 aliphatic rings. The second kappa shape index (κ2) is 8.66. The van der Waals surface area contributed by atoms with Crippen molar-refractivity contribution in [1.29, 1.82) is 0 Å². The molecule has 1 amide bonds. The topological polar surface area (TPSA) is 59.8 Å². The molecule has 2 aromatic carbocycles. The Hall–Kier alpha value is -3.94. The summed E-state index contributed by atoms with van der Waals surface area (Å²) in [5, 5.41) is 7.17. The van der Waals surface area contributed by atoms with Crippen molar-refractivity contribution in [2.45, 2.75) is 19.1 Å². The van der Waals surface area contributed by atoms with E-state index in [0.717, 1.165) is 23.3 Å². The van der Waals surface area contributed by atoms with Crippen molar-refractivity contribution in [3.63, 3.8) is 0 Å². The first-order chi connectivity index (χ1) is 15.3. The van der Waals surface area contributed by atoms with E-state index in [2.05, 4.69) is 15.4 Å². The highest BCUT2D eigenvalue weighted by atomic mass is 19.4. The van der Waals surface area contributed by atoms with Gasteiger partial charge in [-0.05, 0) is 48.4 Å². The van der Waals surface area contributed by atoms with Crippen LogP contribution in [-0.4, -0.2) is 20.7 Å². The van der Waals surface area contributed by atoms with Crippen LogP contribution >= 0.6 is 0 Å². The van der Waals surface area contributed by atoms with Crippen LogP contribution in [-0.2, 0) is 6.18 Å². The number of carbonyl (C=O) groups excluding carboxylic acids is 1. The lowest BCUT2D eigenvalue weighted by atomic mass is 9.99. The Morgan fingerprint density at radius 1 is 0.969 bits per heavy atom. The van der Waals surface area contributed by atoms with Crippen LogP contribution in [0.4, 0.5) is 13.2 Å². The second-order valence-electron chi connectivity index (χ2n) is 7.20. The van der Waals surface area contributed by atoms with E-state index in [-0.39, 0.29) is 17.2 Å². The average molecular weight is 436 g/mol. The summed E-state index contributed by atoms with van der Waals surface area (Å²) in [5.74, 6) is -0.383. The lowest BCUT2D eigenvalue weighted by molar-refractivity contribution is -0.137. The fourth-order valence-corrected chi connectivity index (χ4v) is 3.48. The zero-order valence-corrected chi connectivity index (χ0v) is 17.0. The molecule has 1 unspecified atom stereocenters. The van der Waals surface area contributed by atoms with Crippen LogP contribution < -0.4 is 5.32 Å². The number of nitrogens with one attached hydrogen (secondary N) is 1. The summed E-state index contributed by atoms with van der Waals surface area (Å²) in [7, 11) is 0. The van der Waals surface area contributed by atoms with Gasteiger partial charge in [-0.1, -0.05) is 36.4 Å². The molecule has 32 heavy (non-hydrogen) atoms. The molecule has 2 heterocycles. The third-order valence-electron chi connectivity index (χ3n) is 5.12. The molecule has 4 rings (SSSR count). The van der Waals surface area contributed by atoms with Gasteiger partial charge < -0.3 is 5.32 Å². The summed E-state index contributed by atoms with van der Waals surface area (Å²) in [5.41, 5.74) is 1.89. The molecule has 8 heteroatoms. The first-order valence-electron chi connectivity index (χ1n) is 9.82. The molecule has 0 aliphatic heterocycles. The van der Waals surface area contributed by atoms with Gasteiger partial charge in [0.1, 0.15) is 0 Å². The monoisotopic (exact) mass is 436 g/mol. The van der Waals surface area contributed by atoms with Gasteiger partial charge >= 0.3 is 6.18 Å². The lowest BCUT2D eigenvalue weighted by Crippen LogP contribution is -2.29. The standard InChI is InChI=1S/C24H19F3N4O/c1-16-21(15-29-31(16)20-9-5-8-19(14-20)24(25,26)27)23(32)30-22(17-6-3-2-4-7-17)18-10-12-28-13-11-18/h2-15,22H,1H3,(H,30,32). The Bertz CT molecular complexity index is 1180. The second-order valence-corrected chi connectivity index (χ2v) is 7.20. The molecule has 1 atom stereocenters. The van der Waals surface area contributed by atoms with Crippen molar-refractivity contribution >= 4 is 5.91 Å². The van der Waals surface area contributed by atoms with E-state index in [1.165, 1.54) is 23.0 Å². The molecule has 1 N–H and O–H groups in total. The molecular weight excluding hydrogens is 417 g/mol. The molecule has 0 aliphatic carbocycles. The SMILES string of the molecule is Cc1c(C(=O)NC(c2ccccc2)c2ccncc2)cnn1-c1cccc(C(F)(F)F)c1. The number of pyridine rings is 1. The van der Waals surface area contributed by atoms with Crippen molar-refractivity contribution < 1.29 is 18.0 Å². The zero-order chi connectivity index (χ0) is 22.7. The summed E-state index contributed by atoms with van der Waals surface area (Å²) < 4.78 is 40.6. The van der Waals surface area contributed by atoms with Gasteiger partial charge in [-0.2, -0.15) is 18.3 Å². The van der Waals surface area contributed by atoms with Gasteiger partial charge in [-0.25, -0.2) is 4.68 Å². The molecule has 0 saturated carbocycles. The minimum Gasteiger partial charge on any atom is -0.341 e. The maximum absolute atomic E-state index is 13.1. The number of nitrogens with zero attached hydrogens (tertiary/aromatic N) is 3. The van der Waals surface area contributed by atoms with E-state index in [1.807, 2.05) is 42.5 Å². The minimum absolute atomic E-state index is 0.227. The normalized spacial score (nSPS) is 12.4. The van der Waals surface area contributed by atoms with Crippen molar-refractivity contribution in [1.82, 2.24) is 20.1 Å². The van der Waals surface area contributed by atoms with E-state index in [4.69, 9.17) is 0 Å². The van der Waals surface area contributed by atoms with Crippen molar-refractivity contribution in [2.75, 3.05) is 0 Å². The van der Waals surface area contributed by atoms with Crippen molar-refractivity contribution in [3.8, 4) is 5.69 Å². The van der Waals surface area contributed by atoms with Crippen LogP contribution in [0.15, 0.2) is 85.3 Å². The summed E-state index contributed by atoms with van der Waals surface area (Å²) in [6.45, 7) is 1.64. The number of carbonyl (C=O) groups is 1. The average Bonchev–Trinajstić information content (AvgIpc) is 3.19. The fourth-order valence-electron chi connectivity index (χ4n) is 3.48. The summed E-state index contributed by atoms with van der Waals surface area (Å²) >= 11 is 0. The number of halogens is 3. The number of benzene rings is 2. The molecule has 0 radical (unpaired) electrons. The van der Waals surface area contributed by atoms with Gasteiger partial charge in [0.15, 0.2) is 0 Å². The van der Waals surface area contributed by atoms with E-state index in [0.29, 0.717) is 5.69 Å². The summed E-state index contributed by atoms with van der Waals surface area (Å²) in [4.78, 5) is 17.2. The van der Waals surface area contributed by atoms with Gasteiger partial charge in [-0.3, -0.25) is 9.78 Å². The Kier molecular flexibility index (Phi) is 5.77. The Morgan fingerprint density at radius 3 is 2.34 bits per heavy atom. The van der Waals surface area contributed by atoms with Crippen molar-refractivity contribution in [2.24, 2.45) is 0 Å². The largest absolute Gasteiger partial charge is 0.416 e. The molecule has 0 fully saturated rings. The fraction of sp³-hybridized carbons (Fsp3) is 0.125. The van der Waals surface area contributed by atoms with Gasteiger partial charge in [0.05, 0.1) is 34.7 Å². The Balaban J connectivity index is 1.65. The van der Waals surface area contributed by atoms with Crippen LogP contribution in [0.3, 0.4) is 0 Å². The highest BCUT2D eigenvalue weighted by Crippen LogP contribution is 2.30. The van der Waals surface area contributed by atoms with E-state index >= 15 is 0 Å². The molecule has 0 bridgehead atoms. The maximum Gasteiger partial charge on any atom is 0.416 e. The van der Waals surface area contributed by atoms with E-state index in [9.17, 15) is 18.0 Å². The van der Waals surface area contributed by atoms with Gasteiger partial charge in [0, 0.05) is 12.4 Å². The molecule has 5 nitrogen and oxygen atoms in total. The van der Waals surface area contributed by atoms with Crippen LogP contribution in [0, 0.1) is 6.92 Å². The van der Waals surface area contributed by atoms with Gasteiger partial charge in [0.25, 0.3) is 5.91 Å². The third kappa shape index (κ3) is 4.39. The maximum atomic E-state index is 13.1. The molecule has 0 spiro atoms. The van der Waals surface area contributed by atoms with E-state index < -0.39 is 17.8 Å². The van der Waals surface area contributed by atoms with Crippen LogP contribution in [0.25, 0.3) is 5.69 Å². The first kappa shape index (κ1) is 21.3. The molecule has 2 aromatic heterocycles. The van der Waals surface area contributed by atoms with Gasteiger partial charge in [-0.15, -0.1) is 0 Å². The Labute approximate surface area is 182 Å². The smallest absolute Gasteiger partial charge is 0.341 e. The van der Waals surface area contributed by atoms with Crippen LogP contribution in [0.5, 0.6) is 0 Å². The molecule has 4 aromatic rings. The van der Waals surface area contributed by atoms with Gasteiger partial charge in [0.2, 0.25) is 0 Å². The van der Waals surface area contributed by atoms with E-state index in [1.54, 1.807) is 19.3 Å². The number of aromatic nitrogens is 3. The molecular formula is C24H19F3N4O. The third-order valence-corrected chi connectivity index (χ3v) is 5.12. The van der Waals surface area contributed by atoms with Crippen LogP contribution in [0.2, 0.25) is 0 Å². The molecule has 0 saturated heterocycles. The first-order valence-corrected chi connectivity index (χ1v) is 9.82. The number of amides is 1. The zero-order valence-electron chi connectivity index (χ0n) is 17.0. The lowest BCUT2D eigenvalue weighted by Gasteiger charge is -2.19. The Morgan fingerprint density at radius 2 is 1.66 bits per heavy atom. The predicted octanol–water partition coefficient (Wildman–Crippen LogP) is 5.11. The summed E-state index contributed by atoms with van der Waals surface area (Å²) in [6.07, 6.45) is 0.187. The predicted molar refractivity (Wildman–Crippen MR) is 113 cm³/mol. The highest BCUT2D eigenvalue weighted by molar-refractivity contribution is 5.95. The highest BCUT2D eigenvalue weighted by Gasteiger charge is 2.31. The molecule has 162 valence electrons.